The first-order valence-corrected chi connectivity index (χ1v) is 8.04. The molecule has 1 aromatic carbocycles. The summed E-state index contributed by atoms with van der Waals surface area (Å²) in [5, 5.41) is 25.5. The van der Waals surface area contributed by atoms with E-state index in [1.807, 2.05) is 18.2 Å². The van der Waals surface area contributed by atoms with Gasteiger partial charge in [0.1, 0.15) is 0 Å². The molecule has 0 saturated carbocycles. The maximum atomic E-state index is 11.9. The van der Waals surface area contributed by atoms with Gasteiger partial charge in [-0.3, -0.25) is 4.79 Å². The van der Waals surface area contributed by atoms with Crippen LogP contribution in [-0.4, -0.2) is 34.1 Å². The first kappa shape index (κ1) is 17.3. The molecule has 0 fully saturated rings. The highest BCUT2D eigenvalue weighted by molar-refractivity contribution is 6.29. The molecule has 130 valence electrons. The summed E-state index contributed by atoms with van der Waals surface area (Å²) in [7, 11) is 1.31. The summed E-state index contributed by atoms with van der Waals surface area (Å²) in [6.07, 6.45) is -0.0191. The SMILES string of the molecule is COC(=O)CC1C(C)=NN(c2ccc(Cl)nn2)C1(O)c1ccccc1. The number of hydrogen-bond acceptors (Lipinski definition) is 7. The highest BCUT2D eigenvalue weighted by Crippen LogP contribution is 2.43. The summed E-state index contributed by atoms with van der Waals surface area (Å²) in [6, 6.07) is 12.2. The second-order valence-electron chi connectivity index (χ2n) is 5.69. The Bertz CT molecular complexity index is 797. The third-order valence-electron chi connectivity index (χ3n) is 4.20. The van der Waals surface area contributed by atoms with Crippen molar-refractivity contribution >= 4 is 29.1 Å². The van der Waals surface area contributed by atoms with Gasteiger partial charge in [0, 0.05) is 11.3 Å². The van der Waals surface area contributed by atoms with Crippen molar-refractivity contribution in [2.75, 3.05) is 12.1 Å². The van der Waals surface area contributed by atoms with Gasteiger partial charge in [-0.25, -0.2) is 5.01 Å². The normalized spacial score (nSPS) is 22.6. The lowest BCUT2D eigenvalue weighted by atomic mass is 9.84. The van der Waals surface area contributed by atoms with Crippen LogP contribution in [0, 0.1) is 5.92 Å². The van der Waals surface area contributed by atoms with Crippen molar-refractivity contribution in [3.05, 3.63) is 53.2 Å². The third-order valence-corrected chi connectivity index (χ3v) is 4.40. The number of hydrazone groups is 1. The summed E-state index contributed by atoms with van der Waals surface area (Å²) in [5.74, 6) is -0.708. The molecule has 1 aliphatic heterocycles. The number of aliphatic hydroxyl groups is 1. The van der Waals surface area contributed by atoms with Crippen LogP contribution in [0.1, 0.15) is 18.9 Å². The monoisotopic (exact) mass is 360 g/mol. The third kappa shape index (κ3) is 3.08. The predicted molar refractivity (Wildman–Crippen MR) is 93.1 cm³/mol. The van der Waals surface area contributed by atoms with E-state index in [-0.39, 0.29) is 11.6 Å². The molecule has 1 aliphatic rings. The fourth-order valence-corrected chi connectivity index (χ4v) is 3.04. The summed E-state index contributed by atoms with van der Waals surface area (Å²) in [4.78, 5) is 11.9. The fourth-order valence-electron chi connectivity index (χ4n) is 2.94. The Labute approximate surface area is 149 Å². The largest absolute Gasteiger partial charge is 0.469 e. The van der Waals surface area contributed by atoms with E-state index in [0.29, 0.717) is 17.1 Å². The number of benzene rings is 1. The summed E-state index contributed by atoms with van der Waals surface area (Å²) in [5.41, 5.74) is -0.419. The molecule has 3 rings (SSSR count). The van der Waals surface area contributed by atoms with Crippen LogP contribution in [-0.2, 0) is 15.3 Å². The molecule has 8 heteroatoms. The molecule has 0 bridgehead atoms. The maximum Gasteiger partial charge on any atom is 0.306 e. The molecule has 2 heterocycles. The van der Waals surface area contributed by atoms with Crippen LogP contribution in [0.5, 0.6) is 0 Å². The van der Waals surface area contributed by atoms with Gasteiger partial charge in [0.05, 0.1) is 19.4 Å². The Morgan fingerprint density at radius 3 is 2.60 bits per heavy atom. The van der Waals surface area contributed by atoms with Crippen molar-refractivity contribution in [1.29, 1.82) is 0 Å². The number of esters is 1. The van der Waals surface area contributed by atoms with E-state index in [1.54, 1.807) is 31.2 Å². The fraction of sp³-hybridized carbons (Fsp3) is 0.294. The summed E-state index contributed by atoms with van der Waals surface area (Å²) in [6.45, 7) is 1.75. The Balaban J connectivity index is 2.10. The molecule has 25 heavy (non-hydrogen) atoms. The minimum Gasteiger partial charge on any atom is -0.469 e. The Morgan fingerprint density at radius 2 is 2.00 bits per heavy atom. The van der Waals surface area contributed by atoms with Crippen LogP contribution >= 0.6 is 11.6 Å². The van der Waals surface area contributed by atoms with E-state index in [0.717, 1.165) is 0 Å². The summed E-state index contributed by atoms with van der Waals surface area (Å²) >= 11 is 5.80. The lowest BCUT2D eigenvalue weighted by Gasteiger charge is -2.36. The smallest absolute Gasteiger partial charge is 0.306 e. The van der Waals surface area contributed by atoms with Crippen LogP contribution in [0.15, 0.2) is 47.6 Å². The van der Waals surface area contributed by atoms with E-state index in [4.69, 9.17) is 16.3 Å². The van der Waals surface area contributed by atoms with Gasteiger partial charge in [-0.2, -0.15) is 5.10 Å². The number of hydrogen-bond donors (Lipinski definition) is 1. The first-order valence-electron chi connectivity index (χ1n) is 7.66. The molecule has 2 aromatic rings. The number of anilines is 1. The number of aromatic nitrogens is 2. The van der Waals surface area contributed by atoms with E-state index >= 15 is 0 Å². The predicted octanol–water partition coefficient (Wildman–Crippen LogP) is 2.35. The molecular formula is C17H17ClN4O3. The molecule has 7 nitrogen and oxygen atoms in total. The lowest BCUT2D eigenvalue weighted by molar-refractivity contribution is -0.143. The van der Waals surface area contributed by atoms with E-state index in [1.165, 1.54) is 12.1 Å². The average molecular weight is 361 g/mol. The quantitative estimate of drug-likeness (QED) is 0.842. The van der Waals surface area contributed by atoms with Crippen molar-refractivity contribution in [2.24, 2.45) is 11.0 Å². The number of methoxy groups -OCH3 is 1. The van der Waals surface area contributed by atoms with Gasteiger partial charge in [0.15, 0.2) is 16.7 Å². The molecule has 0 aliphatic carbocycles. The van der Waals surface area contributed by atoms with Gasteiger partial charge < -0.3 is 9.84 Å². The number of nitrogens with zero attached hydrogens (tertiary/aromatic N) is 4. The zero-order chi connectivity index (χ0) is 18.0. The number of carbonyl (C=O) groups is 1. The number of carbonyl (C=O) groups excluding carboxylic acids is 1. The van der Waals surface area contributed by atoms with E-state index in [9.17, 15) is 9.90 Å². The highest BCUT2D eigenvalue weighted by atomic mass is 35.5. The summed E-state index contributed by atoms with van der Waals surface area (Å²) < 4.78 is 4.78. The molecule has 0 spiro atoms. The van der Waals surface area contributed by atoms with Gasteiger partial charge in [0.2, 0.25) is 0 Å². The molecule has 1 aromatic heterocycles. The lowest BCUT2D eigenvalue weighted by Crippen LogP contribution is -2.47. The maximum absolute atomic E-state index is 11.9. The second kappa shape index (κ2) is 6.78. The van der Waals surface area contributed by atoms with E-state index in [2.05, 4.69) is 15.3 Å². The first-order chi connectivity index (χ1) is 12.0. The standard InChI is InChI=1S/C17H17ClN4O3/c1-11-13(10-16(23)25-2)17(24,12-6-4-3-5-7-12)22(21-11)15-9-8-14(18)19-20-15/h3-9,13,24H,10H2,1-2H3. The number of rotatable bonds is 4. The van der Waals surface area contributed by atoms with Crippen molar-refractivity contribution in [3.63, 3.8) is 0 Å². The van der Waals surface area contributed by atoms with E-state index < -0.39 is 17.6 Å². The second-order valence-corrected chi connectivity index (χ2v) is 6.08. The Kier molecular flexibility index (Phi) is 4.69. The zero-order valence-corrected chi connectivity index (χ0v) is 14.5. The molecule has 2 atom stereocenters. The van der Waals surface area contributed by atoms with Crippen molar-refractivity contribution in [1.82, 2.24) is 10.2 Å². The van der Waals surface area contributed by atoms with Crippen LogP contribution in [0.25, 0.3) is 0 Å². The van der Waals surface area contributed by atoms with Gasteiger partial charge in [-0.15, -0.1) is 10.2 Å². The molecule has 0 saturated heterocycles. The van der Waals surface area contributed by atoms with Crippen LogP contribution < -0.4 is 5.01 Å². The minimum absolute atomic E-state index is 0.0191. The Hall–Kier alpha value is -2.51. The van der Waals surface area contributed by atoms with Gasteiger partial charge >= 0.3 is 5.97 Å². The minimum atomic E-state index is -1.60. The molecule has 0 radical (unpaired) electrons. The average Bonchev–Trinajstić information content (AvgIpc) is 2.89. The van der Waals surface area contributed by atoms with Crippen molar-refractivity contribution in [2.45, 2.75) is 19.1 Å². The van der Waals surface area contributed by atoms with Gasteiger partial charge in [-0.1, -0.05) is 41.9 Å². The molecular weight excluding hydrogens is 344 g/mol. The molecule has 0 amide bonds. The Morgan fingerprint density at radius 1 is 1.28 bits per heavy atom. The van der Waals surface area contributed by atoms with Gasteiger partial charge in [0.25, 0.3) is 0 Å². The zero-order valence-electron chi connectivity index (χ0n) is 13.8. The van der Waals surface area contributed by atoms with Crippen molar-refractivity contribution < 1.29 is 14.6 Å². The van der Waals surface area contributed by atoms with Crippen molar-refractivity contribution in [3.8, 4) is 0 Å². The molecule has 2 unspecified atom stereocenters. The van der Waals surface area contributed by atoms with Gasteiger partial charge in [-0.05, 0) is 19.1 Å². The highest BCUT2D eigenvalue weighted by Gasteiger charge is 2.52. The van der Waals surface area contributed by atoms with Crippen LogP contribution in [0.4, 0.5) is 5.82 Å². The topological polar surface area (TPSA) is 87.9 Å². The molecule has 1 N–H and O–H groups in total. The number of halogens is 1. The van der Waals surface area contributed by atoms with Crippen LogP contribution in [0.2, 0.25) is 5.15 Å². The number of ether oxygens (including phenoxy) is 1. The van der Waals surface area contributed by atoms with Crippen LogP contribution in [0.3, 0.4) is 0 Å².